The molecule has 0 unspecified atom stereocenters. The molecular formula is C35H59N5O9S. The van der Waals surface area contributed by atoms with Crippen LogP contribution in [-0.4, -0.2) is 90.6 Å². The molecule has 284 valence electrons. The van der Waals surface area contributed by atoms with Gasteiger partial charge in [-0.25, -0.2) is 13.2 Å². The molecule has 7 atom stereocenters. The third-order valence-corrected chi connectivity index (χ3v) is 9.37. The van der Waals surface area contributed by atoms with Crippen LogP contribution in [-0.2, 0) is 35.6 Å². The molecule has 1 rings (SSSR count). The van der Waals surface area contributed by atoms with Crippen LogP contribution >= 0.6 is 0 Å². The van der Waals surface area contributed by atoms with Crippen LogP contribution in [0.4, 0.5) is 4.79 Å². The first kappa shape index (κ1) is 44.3. The van der Waals surface area contributed by atoms with Gasteiger partial charge in [0.2, 0.25) is 23.6 Å². The Morgan fingerprint density at radius 3 is 1.84 bits per heavy atom. The summed E-state index contributed by atoms with van der Waals surface area (Å²) in [6, 6.07) is 5.16. The molecule has 0 aromatic heterocycles. The van der Waals surface area contributed by atoms with Crippen molar-refractivity contribution in [1.82, 2.24) is 26.6 Å². The fourth-order valence-electron chi connectivity index (χ4n) is 5.35. The van der Waals surface area contributed by atoms with Crippen LogP contribution in [0.2, 0.25) is 0 Å². The second kappa shape index (κ2) is 21.5. The molecule has 50 heavy (non-hydrogen) atoms. The van der Waals surface area contributed by atoms with E-state index in [1.54, 1.807) is 20.8 Å². The van der Waals surface area contributed by atoms with Crippen molar-refractivity contribution in [1.29, 1.82) is 0 Å². The maximum absolute atomic E-state index is 13.6. The number of benzene rings is 1. The van der Waals surface area contributed by atoms with Gasteiger partial charge in [0, 0.05) is 18.7 Å². The number of carbonyl (C=O) groups is 5. The number of carboxylic acid groups (broad SMARTS) is 1. The lowest BCUT2D eigenvalue weighted by molar-refractivity contribution is -0.133. The van der Waals surface area contributed by atoms with Gasteiger partial charge in [-0.2, -0.15) is 0 Å². The summed E-state index contributed by atoms with van der Waals surface area (Å²) in [6.07, 6.45) is -0.943. The van der Waals surface area contributed by atoms with E-state index in [0.717, 1.165) is 11.8 Å². The Bertz CT molecular complexity index is 1360. The van der Waals surface area contributed by atoms with E-state index < -0.39 is 75.6 Å². The minimum atomic E-state index is -3.54. The number of aliphatic hydroxyl groups is 1. The van der Waals surface area contributed by atoms with Crippen LogP contribution in [0.25, 0.3) is 0 Å². The highest BCUT2D eigenvalue weighted by Gasteiger charge is 2.33. The number of rotatable bonds is 22. The summed E-state index contributed by atoms with van der Waals surface area (Å²) in [4.78, 5) is 64.5. The average molecular weight is 726 g/mol. The quantitative estimate of drug-likeness (QED) is 0.0932. The van der Waals surface area contributed by atoms with Gasteiger partial charge >= 0.3 is 6.09 Å². The Morgan fingerprint density at radius 1 is 0.740 bits per heavy atom. The molecule has 0 aliphatic rings. The fraction of sp³-hybridized carbons (Fsp3) is 0.686. The van der Waals surface area contributed by atoms with Gasteiger partial charge in [-0.15, -0.1) is 0 Å². The monoisotopic (exact) mass is 725 g/mol. The summed E-state index contributed by atoms with van der Waals surface area (Å²) in [5.41, 5.74) is 0.912. The molecule has 0 aliphatic carbocycles. The number of sulfone groups is 1. The summed E-state index contributed by atoms with van der Waals surface area (Å²) < 4.78 is 23.9. The third kappa shape index (κ3) is 17.3. The summed E-state index contributed by atoms with van der Waals surface area (Å²) in [5, 5.41) is 33.6. The van der Waals surface area contributed by atoms with Crippen molar-refractivity contribution in [3.63, 3.8) is 0 Å². The molecule has 0 spiro atoms. The normalized spacial score (nSPS) is 15.9. The molecular weight excluding hydrogens is 666 g/mol. The second-order valence-electron chi connectivity index (χ2n) is 14.1. The largest absolute Gasteiger partial charge is 0.465 e. The molecule has 0 heterocycles. The van der Waals surface area contributed by atoms with E-state index in [1.165, 1.54) is 0 Å². The average Bonchev–Trinajstić information content (AvgIpc) is 3.02. The Morgan fingerprint density at radius 2 is 1.32 bits per heavy atom. The summed E-state index contributed by atoms with van der Waals surface area (Å²) in [5.74, 6) is -3.77. The summed E-state index contributed by atoms with van der Waals surface area (Å²) in [7, 11) is -3.54. The number of carbonyl (C=O) groups excluding carboxylic acids is 4. The second-order valence-corrected chi connectivity index (χ2v) is 16.4. The van der Waals surface area contributed by atoms with Crippen LogP contribution in [0.1, 0.15) is 86.1 Å². The standard InChI is InChI=1S/C35H59N5O9S/c1-9-23(6)30(34(45)36-20-25-13-11-10-12-14-25)40-31(42)24(7)19-29(41)27(17-21(2)3)38-32(43)26(15-16-50(8,48)49)37-33(44)28(18-22(4)5)39-35(46)47/h10-14,21-24,26-30,39,41H,9,15-20H2,1-8H3,(H,36,45)(H,37,44)(H,38,43)(H,40,42)(H,46,47)/t23-,24+,26-,27-,28-,29-,30-/m0/s1. The number of nitrogens with one attached hydrogen (secondary N) is 5. The first-order chi connectivity index (χ1) is 23.2. The molecule has 7 N–H and O–H groups in total. The summed E-state index contributed by atoms with van der Waals surface area (Å²) in [6.45, 7) is 13.0. The lowest BCUT2D eigenvalue weighted by Gasteiger charge is -2.30. The number of aliphatic hydroxyl groups excluding tert-OH is 1. The molecule has 0 saturated carbocycles. The van der Waals surface area contributed by atoms with E-state index in [9.17, 15) is 42.6 Å². The van der Waals surface area contributed by atoms with Crippen molar-refractivity contribution in [2.45, 2.75) is 117 Å². The summed E-state index contributed by atoms with van der Waals surface area (Å²) >= 11 is 0. The van der Waals surface area contributed by atoms with E-state index in [0.29, 0.717) is 19.4 Å². The number of hydrogen-bond acceptors (Lipinski definition) is 8. The van der Waals surface area contributed by atoms with Gasteiger partial charge in [-0.1, -0.05) is 85.2 Å². The zero-order valence-electron chi connectivity index (χ0n) is 30.7. The van der Waals surface area contributed by atoms with E-state index >= 15 is 0 Å². The Labute approximate surface area is 297 Å². The van der Waals surface area contributed by atoms with Crippen LogP contribution in [0.5, 0.6) is 0 Å². The Hall–Kier alpha value is -3.72. The first-order valence-electron chi connectivity index (χ1n) is 17.3. The van der Waals surface area contributed by atoms with Gasteiger partial charge in [0.05, 0.1) is 17.9 Å². The SMILES string of the molecule is CC[C@H](C)[C@H](NC(=O)[C@H](C)C[C@H](O)[C@H](CC(C)C)NC(=O)[C@H](CCS(C)(=O)=O)NC(=O)[C@H](CC(C)C)NC(=O)O)C(=O)NCc1ccccc1. The minimum absolute atomic E-state index is 0.0126. The predicted molar refractivity (Wildman–Crippen MR) is 192 cm³/mol. The molecule has 14 nitrogen and oxygen atoms in total. The van der Waals surface area contributed by atoms with E-state index in [-0.39, 0.29) is 42.9 Å². The highest BCUT2D eigenvalue weighted by atomic mass is 32.2. The van der Waals surface area contributed by atoms with Crippen molar-refractivity contribution in [2.75, 3.05) is 12.0 Å². The Balaban J connectivity index is 3.10. The lowest BCUT2D eigenvalue weighted by Crippen LogP contribution is -2.57. The lowest BCUT2D eigenvalue weighted by atomic mass is 9.91. The molecule has 1 aromatic rings. The minimum Gasteiger partial charge on any atom is -0.465 e. The Kier molecular flexibility index (Phi) is 19.0. The van der Waals surface area contributed by atoms with Crippen molar-refractivity contribution in [3.8, 4) is 0 Å². The molecule has 15 heteroatoms. The number of hydrogen-bond donors (Lipinski definition) is 7. The molecule has 1 aromatic carbocycles. The van der Waals surface area contributed by atoms with Crippen LogP contribution in [0, 0.1) is 23.7 Å². The smallest absolute Gasteiger partial charge is 0.405 e. The molecule has 0 saturated heterocycles. The van der Waals surface area contributed by atoms with Gasteiger partial charge < -0.3 is 36.8 Å². The van der Waals surface area contributed by atoms with Gasteiger partial charge in [-0.05, 0) is 49.0 Å². The molecule has 5 amide bonds. The van der Waals surface area contributed by atoms with Gasteiger partial charge in [0.25, 0.3) is 0 Å². The zero-order chi connectivity index (χ0) is 38.2. The van der Waals surface area contributed by atoms with Crippen molar-refractivity contribution >= 4 is 39.6 Å². The highest BCUT2D eigenvalue weighted by molar-refractivity contribution is 7.90. The zero-order valence-corrected chi connectivity index (χ0v) is 31.5. The molecule has 0 fully saturated rings. The highest BCUT2D eigenvalue weighted by Crippen LogP contribution is 2.18. The van der Waals surface area contributed by atoms with Crippen LogP contribution < -0.4 is 26.6 Å². The van der Waals surface area contributed by atoms with Gasteiger partial charge in [-0.3, -0.25) is 19.2 Å². The van der Waals surface area contributed by atoms with Crippen molar-refractivity contribution in [3.05, 3.63) is 35.9 Å². The van der Waals surface area contributed by atoms with E-state index in [1.807, 2.05) is 58.0 Å². The third-order valence-electron chi connectivity index (χ3n) is 8.39. The van der Waals surface area contributed by atoms with Crippen LogP contribution in [0.3, 0.4) is 0 Å². The number of amides is 5. The topological polar surface area (TPSA) is 220 Å². The van der Waals surface area contributed by atoms with E-state index in [4.69, 9.17) is 0 Å². The first-order valence-corrected chi connectivity index (χ1v) is 19.4. The van der Waals surface area contributed by atoms with Crippen molar-refractivity contribution in [2.24, 2.45) is 23.7 Å². The van der Waals surface area contributed by atoms with Crippen molar-refractivity contribution < 1.29 is 42.6 Å². The van der Waals surface area contributed by atoms with E-state index in [2.05, 4.69) is 26.6 Å². The predicted octanol–water partition coefficient (Wildman–Crippen LogP) is 2.35. The molecule has 0 aliphatic heterocycles. The molecule has 0 radical (unpaired) electrons. The fourth-order valence-corrected chi connectivity index (χ4v) is 6.02. The maximum atomic E-state index is 13.6. The maximum Gasteiger partial charge on any atom is 0.405 e. The van der Waals surface area contributed by atoms with Crippen LogP contribution in [0.15, 0.2) is 30.3 Å². The van der Waals surface area contributed by atoms with Gasteiger partial charge in [0.15, 0.2) is 0 Å². The van der Waals surface area contributed by atoms with Gasteiger partial charge in [0.1, 0.15) is 28.0 Å². The molecule has 0 bridgehead atoms.